The topological polar surface area (TPSA) is 76.1 Å². The summed E-state index contributed by atoms with van der Waals surface area (Å²) in [5, 5.41) is 11.0. The van der Waals surface area contributed by atoms with Crippen LogP contribution in [0.4, 0.5) is 0 Å². The van der Waals surface area contributed by atoms with Crippen LogP contribution in [0.15, 0.2) is 24.3 Å². The number of aliphatic hydroxyl groups excluding tert-OH is 1. The Morgan fingerprint density at radius 2 is 2.00 bits per heavy atom. The normalized spacial score (nSPS) is 17.8. The predicted octanol–water partition coefficient (Wildman–Crippen LogP) is 2.04. The molecule has 1 aromatic rings. The number of fused-ring (bicyclic) bond motifs is 1. The number of hydroxylamine groups is 2. The van der Waals surface area contributed by atoms with Gasteiger partial charge in [0.15, 0.2) is 11.8 Å². The van der Waals surface area contributed by atoms with Gasteiger partial charge in [-0.05, 0) is 25.8 Å². The number of benzene rings is 1. The molecule has 6 heteroatoms. The van der Waals surface area contributed by atoms with Crippen LogP contribution < -0.4 is 0 Å². The van der Waals surface area contributed by atoms with Crippen LogP contribution in [0.25, 0.3) is 0 Å². The standard InChI is InChI=1S/C16H21NO5/c1-10(2)9-21-15(20)16(3,4)22-17-13(18)11-7-5-6-8-12(11)14(17)19/h5-8,10,13,18H,9H2,1-4H3. The number of nitrogens with zero attached hydrogens (tertiary/aromatic N) is 1. The maximum Gasteiger partial charge on any atom is 0.340 e. The first-order valence-electron chi connectivity index (χ1n) is 7.21. The van der Waals surface area contributed by atoms with Crippen LogP contribution in [0.1, 0.15) is 49.8 Å². The molecule has 1 aliphatic heterocycles. The summed E-state index contributed by atoms with van der Waals surface area (Å²) in [5.41, 5.74) is -0.562. The van der Waals surface area contributed by atoms with E-state index in [4.69, 9.17) is 9.57 Å². The van der Waals surface area contributed by atoms with E-state index < -0.39 is 23.7 Å². The molecule has 1 N–H and O–H groups in total. The van der Waals surface area contributed by atoms with Gasteiger partial charge in [0.05, 0.1) is 6.61 Å². The lowest BCUT2D eigenvalue weighted by Crippen LogP contribution is -2.45. The number of hydrogen-bond donors (Lipinski definition) is 1. The molecular weight excluding hydrogens is 286 g/mol. The molecule has 1 aliphatic rings. The van der Waals surface area contributed by atoms with Crippen LogP contribution in [0.5, 0.6) is 0 Å². The Hall–Kier alpha value is -1.92. The zero-order valence-corrected chi connectivity index (χ0v) is 13.2. The van der Waals surface area contributed by atoms with E-state index in [1.54, 1.807) is 24.3 Å². The fourth-order valence-electron chi connectivity index (χ4n) is 2.06. The minimum absolute atomic E-state index is 0.197. The Labute approximate surface area is 129 Å². The number of carbonyl (C=O) groups is 2. The highest BCUT2D eigenvalue weighted by Crippen LogP contribution is 2.33. The average molecular weight is 307 g/mol. The molecule has 6 nitrogen and oxygen atoms in total. The number of hydrogen-bond acceptors (Lipinski definition) is 5. The molecule has 0 saturated carbocycles. The van der Waals surface area contributed by atoms with E-state index in [9.17, 15) is 14.7 Å². The van der Waals surface area contributed by atoms with Gasteiger partial charge in [-0.15, -0.1) is 0 Å². The van der Waals surface area contributed by atoms with E-state index in [2.05, 4.69) is 0 Å². The molecule has 1 aromatic carbocycles. The van der Waals surface area contributed by atoms with E-state index in [0.29, 0.717) is 11.1 Å². The first kappa shape index (κ1) is 16.5. The van der Waals surface area contributed by atoms with Crippen molar-refractivity contribution in [2.75, 3.05) is 6.61 Å². The fourth-order valence-corrected chi connectivity index (χ4v) is 2.06. The van der Waals surface area contributed by atoms with Crippen molar-refractivity contribution in [2.24, 2.45) is 5.92 Å². The van der Waals surface area contributed by atoms with Gasteiger partial charge < -0.3 is 9.84 Å². The first-order chi connectivity index (χ1) is 10.2. The first-order valence-corrected chi connectivity index (χ1v) is 7.21. The number of amides is 1. The monoisotopic (exact) mass is 307 g/mol. The van der Waals surface area contributed by atoms with Gasteiger partial charge in [0, 0.05) is 11.1 Å². The average Bonchev–Trinajstić information content (AvgIpc) is 2.70. The summed E-state index contributed by atoms with van der Waals surface area (Å²) < 4.78 is 5.14. The van der Waals surface area contributed by atoms with Gasteiger partial charge in [0.1, 0.15) is 0 Å². The molecule has 1 atom stereocenters. The number of carbonyl (C=O) groups excluding carboxylic acids is 2. The molecule has 1 heterocycles. The highest BCUT2D eigenvalue weighted by molar-refractivity contribution is 5.98. The number of aliphatic hydroxyl groups is 1. The Balaban J connectivity index is 2.11. The second-order valence-corrected chi connectivity index (χ2v) is 6.19. The Bertz CT molecular complexity index is 582. The maximum absolute atomic E-state index is 12.3. The Morgan fingerprint density at radius 3 is 2.59 bits per heavy atom. The molecule has 0 aliphatic carbocycles. The van der Waals surface area contributed by atoms with Gasteiger partial charge in [-0.3, -0.25) is 4.79 Å². The van der Waals surface area contributed by atoms with Gasteiger partial charge in [0.2, 0.25) is 0 Å². The highest BCUT2D eigenvalue weighted by atomic mass is 16.7. The third kappa shape index (κ3) is 3.13. The van der Waals surface area contributed by atoms with Gasteiger partial charge >= 0.3 is 5.97 Å². The van der Waals surface area contributed by atoms with Crippen LogP contribution in [-0.4, -0.2) is 34.3 Å². The third-order valence-corrected chi connectivity index (χ3v) is 3.26. The van der Waals surface area contributed by atoms with Crippen molar-refractivity contribution in [1.82, 2.24) is 5.06 Å². The maximum atomic E-state index is 12.3. The summed E-state index contributed by atoms with van der Waals surface area (Å²) in [6, 6.07) is 6.68. The van der Waals surface area contributed by atoms with Crippen LogP contribution >= 0.6 is 0 Å². The zero-order valence-electron chi connectivity index (χ0n) is 13.2. The summed E-state index contributed by atoms with van der Waals surface area (Å²) in [6.45, 7) is 7.11. The molecule has 0 aromatic heterocycles. The van der Waals surface area contributed by atoms with E-state index in [1.807, 2.05) is 13.8 Å². The van der Waals surface area contributed by atoms with Crippen LogP contribution in [0.3, 0.4) is 0 Å². The van der Waals surface area contributed by atoms with E-state index >= 15 is 0 Å². The van der Waals surface area contributed by atoms with Crippen molar-refractivity contribution in [3.8, 4) is 0 Å². The van der Waals surface area contributed by atoms with E-state index in [0.717, 1.165) is 5.06 Å². The predicted molar refractivity (Wildman–Crippen MR) is 78.5 cm³/mol. The van der Waals surface area contributed by atoms with E-state index in [1.165, 1.54) is 13.8 Å². The molecule has 0 fully saturated rings. The van der Waals surface area contributed by atoms with Crippen molar-refractivity contribution < 1.29 is 24.3 Å². The van der Waals surface area contributed by atoms with Crippen molar-refractivity contribution >= 4 is 11.9 Å². The largest absolute Gasteiger partial charge is 0.463 e. The van der Waals surface area contributed by atoms with Gasteiger partial charge in [-0.25, -0.2) is 9.63 Å². The Morgan fingerprint density at radius 1 is 1.36 bits per heavy atom. The van der Waals surface area contributed by atoms with Crippen molar-refractivity contribution in [3.05, 3.63) is 35.4 Å². The summed E-state index contributed by atoms with van der Waals surface area (Å²) >= 11 is 0. The number of esters is 1. The minimum atomic E-state index is -1.38. The van der Waals surface area contributed by atoms with Crippen LogP contribution in [0.2, 0.25) is 0 Å². The quantitative estimate of drug-likeness (QED) is 0.843. The molecule has 1 amide bonds. The SMILES string of the molecule is CC(C)COC(=O)C(C)(C)ON1C(=O)c2ccccc2C1O. The second kappa shape index (κ2) is 6.06. The zero-order chi connectivity index (χ0) is 16.5. The minimum Gasteiger partial charge on any atom is -0.463 e. The van der Waals surface area contributed by atoms with Crippen LogP contribution in [-0.2, 0) is 14.4 Å². The van der Waals surface area contributed by atoms with Gasteiger partial charge in [-0.1, -0.05) is 32.0 Å². The molecule has 2 rings (SSSR count). The van der Waals surface area contributed by atoms with Gasteiger partial charge in [-0.2, -0.15) is 5.06 Å². The fraction of sp³-hybridized carbons (Fsp3) is 0.500. The summed E-state index contributed by atoms with van der Waals surface area (Å²) in [7, 11) is 0. The Kier molecular flexibility index (Phi) is 4.53. The third-order valence-electron chi connectivity index (χ3n) is 3.26. The van der Waals surface area contributed by atoms with Crippen molar-refractivity contribution in [2.45, 2.75) is 39.5 Å². The van der Waals surface area contributed by atoms with Crippen LogP contribution in [0, 0.1) is 5.92 Å². The molecule has 0 bridgehead atoms. The molecular formula is C16H21NO5. The lowest BCUT2D eigenvalue weighted by Gasteiger charge is -2.30. The summed E-state index contributed by atoms with van der Waals surface area (Å²) in [4.78, 5) is 29.8. The lowest BCUT2D eigenvalue weighted by molar-refractivity contribution is -0.260. The molecule has 22 heavy (non-hydrogen) atoms. The van der Waals surface area contributed by atoms with E-state index in [-0.39, 0.29) is 12.5 Å². The molecule has 120 valence electrons. The van der Waals surface area contributed by atoms with Crippen molar-refractivity contribution in [3.63, 3.8) is 0 Å². The summed E-state index contributed by atoms with van der Waals surface area (Å²) in [6.07, 6.45) is -1.24. The molecule has 0 spiro atoms. The highest BCUT2D eigenvalue weighted by Gasteiger charge is 2.43. The number of ether oxygens (including phenoxy) is 1. The number of rotatable bonds is 5. The van der Waals surface area contributed by atoms with Gasteiger partial charge in [0.25, 0.3) is 5.91 Å². The summed E-state index contributed by atoms with van der Waals surface area (Å²) in [5.74, 6) is -0.868. The lowest BCUT2D eigenvalue weighted by atomic mass is 10.1. The molecule has 0 radical (unpaired) electrons. The molecule has 0 saturated heterocycles. The smallest absolute Gasteiger partial charge is 0.340 e. The second-order valence-electron chi connectivity index (χ2n) is 6.19. The van der Waals surface area contributed by atoms with Crippen molar-refractivity contribution in [1.29, 1.82) is 0 Å². The molecule has 1 unspecified atom stereocenters.